The fourth-order valence-electron chi connectivity index (χ4n) is 5.83. The van der Waals surface area contributed by atoms with Gasteiger partial charge in [0.25, 0.3) is 0 Å². The summed E-state index contributed by atoms with van der Waals surface area (Å²) in [5.41, 5.74) is 10.6. The number of rotatable bonds is 0. The lowest BCUT2D eigenvalue weighted by Gasteiger charge is -2.30. The third kappa shape index (κ3) is 1.83. The van der Waals surface area contributed by atoms with Gasteiger partial charge in [-0.05, 0) is 67.9 Å². The second-order valence-electron chi connectivity index (χ2n) is 8.25. The molecule has 0 N–H and O–H groups in total. The molecule has 0 fully saturated rings. The Labute approximate surface area is 184 Å². The summed E-state index contributed by atoms with van der Waals surface area (Å²) >= 11 is 3.89. The van der Waals surface area contributed by atoms with Gasteiger partial charge in [0.1, 0.15) is 0 Å². The molecule has 2 aliphatic rings. The van der Waals surface area contributed by atoms with Crippen LogP contribution in [0.25, 0.3) is 33.0 Å². The zero-order chi connectivity index (χ0) is 19.9. The summed E-state index contributed by atoms with van der Waals surface area (Å²) in [6, 6.07) is 38.1. The van der Waals surface area contributed by atoms with Gasteiger partial charge in [-0.2, -0.15) is 0 Å². The highest BCUT2D eigenvalue weighted by Crippen LogP contribution is 2.63. The highest BCUT2D eigenvalue weighted by molar-refractivity contribution is 9.10. The quantitative estimate of drug-likeness (QED) is 0.222. The molecule has 0 saturated heterocycles. The summed E-state index contributed by atoms with van der Waals surface area (Å²) in [7, 11) is 0. The van der Waals surface area contributed by atoms with Gasteiger partial charge in [-0.1, -0.05) is 101 Å². The van der Waals surface area contributed by atoms with Crippen LogP contribution in [0, 0.1) is 0 Å². The fraction of sp³-hybridized carbons (Fsp3) is 0.0345. The third-order valence-corrected chi connectivity index (χ3v) is 7.59. The Morgan fingerprint density at radius 1 is 0.467 bits per heavy atom. The molecule has 5 aromatic rings. The molecule has 0 bridgehead atoms. The van der Waals surface area contributed by atoms with Crippen LogP contribution in [-0.4, -0.2) is 0 Å². The minimum Gasteiger partial charge on any atom is -0.0619 e. The molecule has 0 heterocycles. The van der Waals surface area contributed by atoms with Gasteiger partial charge < -0.3 is 0 Å². The van der Waals surface area contributed by atoms with Crippen molar-refractivity contribution in [2.45, 2.75) is 5.41 Å². The number of hydrogen-bond acceptors (Lipinski definition) is 0. The van der Waals surface area contributed by atoms with Crippen molar-refractivity contribution in [2.24, 2.45) is 0 Å². The molecule has 140 valence electrons. The van der Waals surface area contributed by atoms with E-state index in [0.29, 0.717) is 0 Å². The maximum absolute atomic E-state index is 3.89. The molecule has 0 amide bonds. The van der Waals surface area contributed by atoms with Crippen molar-refractivity contribution in [3.8, 4) is 22.3 Å². The van der Waals surface area contributed by atoms with E-state index in [0.717, 1.165) is 4.47 Å². The maximum Gasteiger partial charge on any atom is 0.0726 e. The Bertz CT molecular complexity index is 1460. The molecule has 0 aliphatic heterocycles. The van der Waals surface area contributed by atoms with Crippen LogP contribution in [0.15, 0.2) is 108 Å². The van der Waals surface area contributed by atoms with Gasteiger partial charge in [-0.15, -0.1) is 0 Å². The largest absolute Gasteiger partial charge is 0.0726 e. The minimum atomic E-state index is -0.272. The first-order chi connectivity index (χ1) is 14.8. The lowest BCUT2D eigenvalue weighted by atomic mass is 9.70. The topological polar surface area (TPSA) is 0 Å². The highest BCUT2D eigenvalue weighted by Gasteiger charge is 2.51. The Balaban J connectivity index is 1.75. The standard InChI is InChI=1S/C29H17Br/c30-27-15-7-14-25-28(27)22-16-18-8-1-2-9-19(18)17-26(22)29(25)23-12-5-3-10-20(23)21-11-4-6-13-24(21)29/h1-17H. The second kappa shape index (κ2) is 5.71. The first-order valence-corrected chi connectivity index (χ1v) is 11.1. The molecular weight excluding hydrogens is 428 g/mol. The van der Waals surface area contributed by atoms with E-state index in [4.69, 9.17) is 0 Å². The highest BCUT2D eigenvalue weighted by atomic mass is 79.9. The molecule has 0 aromatic heterocycles. The Kier molecular flexibility index (Phi) is 3.16. The van der Waals surface area contributed by atoms with Crippen molar-refractivity contribution in [3.05, 3.63) is 130 Å². The van der Waals surface area contributed by atoms with Gasteiger partial charge in [0, 0.05) is 10.0 Å². The van der Waals surface area contributed by atoms with Crippen LogP contribution in [-0.2, 0) is 5.41 Å². The molecule has 7 rings (SSSR count). The Morgan fingerprint density at radius 2 is 1.03 bits per heavy atom. The Morgan fingerprint density at radius 3 is 1.73 bits per heavy atom. The van der Waals surface area contributed by atoms with Crippen LogP contribution in [0.2, 0.25) is 0 Å². The first-order valence-electron chi connectivity index (χ1n) is 10.3. The molecule has 0 radical (unpaired) electrons. The van der Waals surface area contributed by atoms with E-state index in [2.05, 4.69) is 119 Å². The van der Waals surface area contributed by atoms with E-state index in [-0.39, 0.29) is 5.41 Å². The van der Waals surface area contributed by atoms with Gasteiger partial charge in [0.05, 0.1) is 5.41 Å². The summed E-state index contributed by atoms with van der Waals surface area (Å²) in [4.78, 5) is 0. The molecule has 1 spiro atoms. The van der Waals surface area contributed by atoms with Crippen LogP contribution < -0.4 is 0 Å². The first kappa shape index (κ1) is 16.6. The third-order valence-electron chi connectivity index (χ3n) is 6.93. The molecule has 5 aromatic carbocycles. The van der Waals surface area contributed by atoms with Crippen LogP contribution in [0.5, 0.6) is 0 Å². The van der Waals surface area contributed by atoms with E-state index in [1.165, 1.54) is 55.3 Å². The molecule has 0 unspecified atom stereocenters. The van der Waals surface area contributed by atoms with E-state index in [9.17, 15) is 0 Å². The van der Waals surface area contributed by atoms with Crippen molar-refractivity contribution in [1.82, 2.24) is 0 Å². The number of halogens is 1. The molecule has 2 aliphatic carbocycles. The zero-order valence-corrected chi connectivity index (χ0v) is 17.8. The van der Waals surface area contributed by atoms with Gasteiger partial charge in [-0.25, -0.2) is 0 Å². The maximum atomic E-state index is 3.89. The van der Waals surface area contributed by atoms with Gasteiger partial charge in [0.15, 0.2) is 0 Å². The predicted octanol–water partition coefficient (Wildman–Crippen LogP) is 7.95. The van der Waals surface area contributed by atoms with E-state index < -0.39 is 0 Å². The van der Waals surface area contributed by atoms with Gasteiger partial charge in [0.2, 0.25) is 0 Å². The van der Waals surface area contributed by atoms with Crippen LogP contribution in [0.4, 0.5) is 0 Å². The monoisotopic (exact) mass is 444 g/mol. The average molecular weight is 445 g/mol. The van der Waals surface area contributed by atoms with Crippen molar-refractivity contribution < 1.29 is 0 Å². The predicted molar refractivity (Wildman–Crippen MR) is 128 cm³/mol. The second-order valence-corrected chi connectivity index (χ2v) is 9.10. The lowest BCUT2D eigenvalue weighted by molar-refractivity contribution is 0.794. The van der Waals surface area contributed by atoms with E-state index in [1.54, 1.807) is 0 Å². The molecule has 1 heteroatoms. The van der Waals surface area contributed by atoms with Crippen molar-refractivity contribution >= 4 is 26.7 Å². The average Bonchev–Trinajstić information content (AvgIpc) is 3.25. The van der Waals surface area contributed by atoms with Crippen LogP contribution in [0.1, 0.15) is 22.3 Å². The molecule has 30 heavy (non-hydrogen) atoms. The van der Waals surface area contributed by atoms with E-state index in [1.807, 2.05) is 0 Å². The summed E-state index contributed by atoms with van der Waals surface area (Å²) < 4.78 is 1.16. The number of fused-ring (bicyclic) bond motifs is 11. The smallest absolute Gasteiger partial charge is 0.0619 e. The fourth-order valence-corrected chi connectivity index (χ4v) is 6.41. The van der Waals surface area contributed by atoms with Crippen molar-refractivity contribution in [3.63, 3.8) is 0 Å². The molecular formula is C29H17Br. The van der Waals surface area contributed by atoms with Gasteiger partial charge in [-0.3, -0.25) is 0 Å². The zero-order valence-electron chi connectivity index (χ0n) is 16.2. The van der Waals surface area contributed by atoms with E-state index >= 15 is 0 Å². The van der Waals surface area contributed by atoms with Gasteiger partial charge >= 0.3 is 0 Å². The number of benzene rings is 5. The molecule has 0 saturated carbocycles. The summed E-state index contributed by atoms with van der Waals surface area (Å²) in [5, 5.41) is 2.58. The summed E-state index contributed by atoms with van der Waals surface area (Å²) in [5.74, 6) is 0. The van der Waals surface area contributed by atoms with Crippen LogP contribution >= 0.6 is 15.9 Å². The normalized spacial score (nSPS) is 14.4. The minimum absolute atomic E-state index is 0.272. The van der Waals surface area contributed by atoms with Crippen molar-refractivity contribution in [2.75, 3.05) is 0 Å². The lowest BCUT2D eigenvalue weighted by Crippen LogP contribution is -2.25. The van der Waals surface area contributed by atoms with Crippen molar-refractivity contribution in [1.29, 1.82) is 0 Å². The number of hydrogen-bond donors (Lipinski definition) is 0. The SMILES string of the molecule is Brc1cccc2c1-c1cc3ccccc3cc1C21c2ccccc2-c2ccccc21. The summed E-state index contributed by atoms with van der Waals surface area (Å²) in [6.07, 6.45) is 0. The van der Waals surface area contributed by atoms with Crippen LogP contribution in [0.3, 0.4) is 0 Å². The summed E-state index contributed by atoms with van der Waals surface area (Å²) in [6.45, 7) is 0. The molecule has 0 atom stereocenters. The molecule has 0 nitrogen and oxygen atoms in total. The Hall–Kier alpha value is -3.16.